The van der Waals surface area contributed by atoms with Gasteiger partial charge >= 0.3 is 0 Å². The summed E-state index contributed by atoms with van der Waals surface area (Å²) in [5.41, 5.74) is 2.36. The standard InChI is InChI=1S/C17H23N3O/c21-11-5-9-16-8-4-10-19(16)13-15-12-18-20(14-15)17-6-2-1-3-7-17/h1-3,6-7,12,14,16,21H,4-5,8-11,13H2. The molecule has 1 saturated heterocycles. The van der Waals surface area contributed by atoms with E-state index >= 15 is 0 Å². The number of aliphatic hydroxyl groups excluding tert-OH is 1. The van der Waals surface area contributed by atoms with Gasteiger partial charge in [-0.15, -0.1) is 0 Å². The lowest BCUT2D eigenvalue weighted by atomic mass is 10.1. The molecule has 4 heteroatoms. The largest absolute Gasteiger partial charge is 0.396 e. The molecule has 4 nitrogen and oxygen atoms in total. The lowest BCUT2D eigenvalue weighted by Crippen LogP contribution is -2.28. The zero-order chi connectivity index (χ0) is 14.5. The fourth-order valence-corrected chi connectivity index (χ4v) is 3.16. The van der Waals surface area contributed by atoms with Crippen LogP contribution in [0, 0.1) is 0 Å². The lowest BCUT2D eigenvalue weighted by Gasteiger charge is -2.23. The highest BCUT2D eigenvalue weighted by atomic mass is 16.2. The number of para-hydroxylation sites is 1. The molecule has 2 heterocycles. The smallest absolute Gasteiger partial charge is 0.0645 e. The second kappa shape index (κ2) is 6.87. The van der Waals surface area contributed by atoms with Crippen LogP contribution in [0.3, 0.4) is 0 Å². The second-order valence-electron chi connectivity index (χ2n) is 5.76. The minimum absolute atomic E-state index is 0.302. The Labute approximate surface area is 126 Å². The van der Waals surface area contributed by atoms with E-state index in [0.29, 0.717) is 12.6 Å². The first kappa shape index (κ1) is 14.3. The van der Waals surface area contributed by atoms with Gasteiger partial charge in [0.1, 0.15) is 0 Å². The molecule has 0 amide bonds. The molecule has 1 unspecified atom stereocenters. The van der Waals surface area contributed by atoms with Crippen molar-refractivity contribution >= 4 is 0 Å². The Bertz CT molecular complexity index is 552. The summed E-state index contributed by atoms with van der Waals surface area (Å²) in [6, 6.07) is 10.8. The lowest BCUT2D eigenvalue weighted by molar-refractivity contribution is 0.210. The predicted molar refractivity (Wildman–Crippen MR) is 83.3 cm³/mol. The van der Waals surface area contributed by atoms with Gasteiger partial charge in [-0.2, -0.15) is 5.10 Å². The molecule has 0 spiro atoms. The highest BCUT2D eigenvalue weighted by Gasteiger charge is 2.24. The first-order valence-corrected chi connectivity index (χ1v) is 7.80. The van der Waals surface area contributed by atoms with Gasteiger partial charge in [0.25, 0.3) is 0 Å². The molecule has 1 atom stereocenters. The fraction of sp³-hybridized carbons (Fsp3) is 0.471. The normalized spacial score (nSPS) is 19.2. The van der Waals surface area contributed by atoms with Crippen LogP contribution in [0.4, 0.5) is 0 Å². The molecule has 1 aromatic heterocycles. The van der Waals surface area contributed by atoms with Gasteiger partial charge in [-0.25, -0.2) is 4.68 Å². The third-order valence-corrected chi connectivity index (χ3v) is 4.24. The molecule has 1 N–H and O–H groups in total. The Morgan fingerprint density at radius 2 is 2.10 bits per heavy atom. The van der Waals surface area contributed by atoms with Gasteiger partial charge < -0.3 is 5.11 Å². The van der Waals surface area contributed by atoms with E-state index in [1.165, 1.54) is 18.4 Å². The van der Waals surface area contributed by atoms with Crippen LogP contribution in [0.25, 0.3) is 5.69 Å². The van der Waals surface area contributed by atoms with Crippen LogP contribution < -0.4 is 0 Å². The molecule has 112 valence electrons. The molecule has 0 radical (unpaired) electrons. The number of hydrogen-bond acceptors (Lipinski definition) is 3. The van der Waals surface area contributed by atoms with Crippen molar-refractivity contribution in [2.45, 2.75) is 38.3 Å². The van der Waals surface area contributed by atoms with Gasteiger partial charge in [-0.3, -0.25) is 4.90 Å². The fourth-order valence-electron chi connectivity index (χ4n) is 3.16. The first-order chi connectivity index (χ1) is 10.4. The molecule has 0 aliphatic carbocycles. The number of aliphatic hydroxyl groups is 1. The average Bonchev–Trinajstić information content (AvgIpc) is 3.16. The van der Waals surface area contributed by atoms with E-state index < -0.39 is 0 Å². The molecule has 0 bridgehead atoms. The van der Waals surface area contributed by atoms with Crippen molar-refractivity contribution in [3.63, 3.8) is 0 Å². The zero-order valence-electron chi connectivity index (χ0n) is 12.4. The van der Waals surface area contributed by atoms with Crippen molar-refractivity contribution in [3.8, 4) is 5.69 Å². The van der Waals surface area contributed by atoms with Gasteiger partial charge in [0, 0.05) is 31.0 Å². The summed E-state index contributed by atoms with van der Waals surface area (Å²) >= 11 is 0. The molecule has 21 heavy (non-hydrogen) atoms. The summed E-state index contributed by atoms with van der Waals surface area (Å²) < 4.78 is 1.94. The zero-order valence-corrected chi connectivity index (χ0v) is 12.4. The van der Waals surface area contributed by atoms with Crippen molar-refractivity contribution in [2.24, 2.45) is 0 Å². The first-order valence-electron chi connectivity index (χ1n) is 7.80. The van der Waals surface area contributed by atoms with Gasteiger partial charge in [-0.05, 0) is 44.4 Å². The van der Waals surface area contributed by atoms with Crippen LogP contribution >= 0.6 is 0 Å². The Hall–Kier alpha value is -1.65. The highest BCUT2D eigenvalue weighted by molar-refractivity contribution is 5.30. The van der Waals surface area contributed by atoms with Gasteiger partial charge in [-0.1, -0.05) is 18.2 Å². The van der Waals surface area contributed by atoms with E-state index in [1.54, 1.807) is 0 Å². The SMILES string of the molecule is OCCCC1CCCN1Cc1cnn(-c2ccccc2)c1. The molecule has 1 aliphatic heterocycles. The van der Waals surface area contributed by atoms with Crippen LogP contribution in [0.15, 0.2) is 42.7 Å². The Morgan fingerprint density at radius 1 is 1.24 bits per heavy atom. The Balaban J connectivity index is 1.64. The number of aromatic nitrogens is 2. The van der Waals surface area contributed by atoms with E-state index in [0.717, 1.165) is 31.6 Å². The minimum atomic E-state index is 0.302. The van der Waals surface area contributed by atoms with E-state index in [2.05, 4.69) is 28.3 Å². The summed E-state index contributed by atoms with van der Waals surface area (Å²) in [4.78, 5) is 2.53. The maximum Gasteiger partial charge on any atom is 0.0645 e. The van der Waals surface area contributed by atoms with E-state index in [4.69, 9.17) is 5.11 Å². The maximum absolute atomic E-state index is 9.00. The van der Waals surface area contributed by atoms with Crippen LogP contribution in [-0.4, -0.2) is 39.0 Å². The topological polar surface area (TPSA) is 41.3 Å². The maximum atomic E-state index is 9.00. The third-order valence-electron chi connectivity index (χ3n) is 4.24. The number of benzene rings is 1. The van der Waals surface area contributed by atoms with Crippen LogP contribution in [0.5, 0.6) is 0 Å². The molecule has 1 fully saturated rings. The van der Waals surface area contributed by atoms with Crippen molar-refractivity contribution < 1.29 is 5.11 Å². The summed E-state index contributed by atoms with van der Waals surface area (Å²) in [5, 5.41) is 13.5. The average molecular weight is 285 g/mol. The van der Waals surface area contributed by atoms with Crippen LogP contribution in [0.2, 0.25) is 0 Å². The molecular weight excluding hydrogens is 262 g/mol. The molecule has 0 saturated carbocycles. The van der Waals surface area contributed by atoms with Crippen molar-refractivity contribution in [2.75, 3.05) is 13.2 Å². The van der Waals surface area contributed by atoms with Gasteiger partial charge in [0.2, 0.25) is 0 Å². The monoisotopic (exact) mass is 285 g/mol. The van der Waals surface area contributed by atoms with E-state index in [-0.39, 0.29) is 0 Å². The van der Waals surface area contributed by atoms with Crippen LogP contribution in [-0.2, 0) is 6.54 Å². The molecule has 1 aromatic carbocycles. The van der Waals surface area contributed by atoms with Gasteiger partial charge in [0.05, 0.1) is 11.9 Å². The summed E-state index contributed by atoms with van der Waals surface area (Å²) in [6.45, 7) is 2.42. The Morgan fingerprint density at radius 3 is 2.90 bits per heavy atom. The quantitative estimate of drug-likeness (QED) is 0.887. The second-order valence-corrected chi connectivity index (χ2v) is 5.76. The van der Waals surface area contributed by atoms with Crippen molar-refractivity contribution in [1.29, 1.82) is 0 Å². The summed E-state index contributed by atoms with van der Waals surface area (Å²) in [7, 11) is 0. The number of nitrogens with zero attached hydrogens (tertiary/aromatic N) is 3. The number of rotatable bonds is 6. The van der Waals surface area contributed by atoms with E-state index in [1.807, 2.05) is 29.1 Å². The molecule has 2 aromatic rings. The van der Waals surface area contributed by atoms with E-state index in [9.17, 15) is 0 Å². The van der Waals surface area contributed by atoms with Gasteiger partial charge in [0.15, 0.2) is 0 Å². The third kappa shape index (κ3) is 3.52. The highest BCUT2D eigenvalue weighted by Crippen LogP contribution is 2.23. The molecule has 3 rings (SSSR count). The summed E-state index contributed by atoms with van der Waals surface area (Å²) in [6.07, 6.45) is 8.62. The number of hydrogen-bond donors (Lipinski definition) is 1. The Kier molecular flexibility index (Phi) is 4.68. The molecular formula is C17H23N3O. The van der Waals surface area contributed by atoms with Crippen molar-refractivity contribution in [3.05, 3.63) is 48.3 Å². The predicted octanol–water partition coefficient (Wildman–Crippen LogP) is 2.61. The number of likely N-dealkylation sites (tertiary alicyclic amines) is 1. The molecule has 1 aliphatic rings. The van der Waals surface area contributed by atoms with Crippen molar-refractivity contribution in [1.82, 2.24) is 14.7 Å². The summed E-state index contributed by atoms with van der Waals surface area (Å²) in [5.74, 6) is 0. The van der Waals surface area contributed by atoms with Crippen LogP contribution in [0.1, 0.15) is 31.2 Å². The minimum Gasteiger partial charge on any atom is -0.396 e.